The minimum absolute atomic E-state index is 0.0382. The molecule has 3 aromatic heterocycles. The Morgan fingerprint density at radius 3 is 2.84 bits per heavy atom. The van der Waals surface area contributed by atoms with E-state index in [-0.39, 0.29) is 18.5 Å². The Morgan fingerprint density at radius 2 is 2.05 bits per heavy atom. The van der Waals surface area contributed by atoms with Crippen molar-refractivity contribution in [2.45, 2.75) is 44.7 Å². The van der Waals surface area contributed by atoms with E-state index in [2.05, 4.69) is 20.5 Å². The van der Waals surface area contributed by atoms with Gasteiger partial charge in [0.1, 0.15) is 23.6 Å². The standard InChI is InChI=1S/C26H28ClN7O3/c1-32(18-7-4-3-5-8-18)23(35)16-33-15-21(24(31-33)19-13-17(27)9-10-22(19)37-2)30-26(36)20-14-29-34-12-6-11-28-25(20)34/h6,9-15,18H,3-5,7-8,16H2,1-2H3,(H,30,36). The van der Waals surface area contributed by atoms with E-state index in [0.29, 0.717) is 38.9 Å². The number of fused-ring (bicyclic) bond motifs is 1. The molecule has 37 heavy (non-hydrogen) atoms. The molecule has 0 unspecified atom stereocenters. The summed E-state index contributed by atoms with van der Waals surface area (Å²) in [5.74, 6) is 0.0957. The first-order chi connectivity index (χ1) is 17.9. The molecule has 0 aliphatic heterocycles. The van der Waals surface area contributed by atoms with E-state index >= 15 is 0 Å². The molecule has 4 aromatic rings. The largest absolute Gasteiger partial charge is 0.496 e. The lowest BCUT2D eigenvalue weighted by atomic mass is 9.94. The fourth-order valence-electron chi connectivity index (χ4n) is 4.76. The van der Waals surface area contributed by atoms with E-state index in [0.717, 1.165) is 25.7 Å². The molecular formula is C26H28ClN7O3. The van der Waals surface area contributed by atoms with Gasteiger partial charge in [-0.05, 0) is 37.1 Å². The van der Waals surface area contributed by atoms with Gasteiger partial charge >= 0.3 is 0 Å². The normalized spacial score (nSPS) is 14.0. The third-order valence-electron chi connectivity index (χ3n) is 6.76. The van der Waals surface area contributed by atoms with Crippen molar-refractivity contribution in [1.29, 1.82) is 0 Å². The van der Waals surface area contributed by atoms with E-state index in [1.54, 1.807) is 54.6 Å². The number of carbonyl (C=O) groups is 2. The monoisotopic (exact) mass is 521 g/mol. The van der Waals surface area contributed by atoms with Gasteiger partial charge in [0.25, 0.3) is 5.91 Å². The summed E-state index contributed by atoms with van der Waals surface area (Å²) >= 11 is 6.29. The highest BCUT2D eigenvalue weighted by molar-refractivity contribution is 6.31. The van der Waals surface area contributed by atoms with Gasteiger partial charge in [-0.25, -0.2) is 9.50 Å². The predicted molar refractivity (Wildman–Crippen MR) is 140 cm³/mol. The fraction of sp³-hybridized carbons (Fsp3) is 0.346. The number of rotatable bonds is 7. The number of aromatic nitrogens is 5. The highest BCUT2D eigenvalue weighted by Crippen LogP contribution is 2.36. The molecule has 1 aliphatic carbocycles. The molecule has 3 heterocycles. The van der Waals surface area contributed by atoms with Crippen molar-refractivity contribution >= 4 is 34.7 Å². The molecule has 2 amide bonds. The first-order valence-corrected chi connectivity index (χ1v) is 12.6. The van der Waals surface area contributed by atoms with Crippen molar-refractivity contribution in [2.75, 3.05) is 19.5 Å². The van der Waals surface area contributed by atoms with Gasteiger partial charge in [0.05, 0.1) is 19.0 Å². The number of methoxy groups -OCH3 is 1. The molecule has 0 atom stereocenters. The average molecular weight is 522 g/mol. The number of amides is 2. The number of nitrogens with zero attached hydrogens (tertiary/aromatic N) is 6. The van der Waals surface area contributed by atoms with Gasteiger partial charge in [0, 0.05) is 42.3 Å². The maximum absolute atomic E-state index is 13.3. The number of hydrogen-bond donors (Lipinski definition) is 1. The molecule has 0 radical (unpaired) electrons. The minimum Gasteiger partial charge on any atom is -0.496 e. The average Bonchev–Trinajstić information content (AvgIpc) is 3.52. The summed E-state index contributed by atoms with van der Waals surface area (Å²) in [5.41, 5.74) is 2.18. The van der Waals surface area contributed by atoms with Crippen molar-refractivity contribution in [2.24, 2.45) is 0 Å². The first-order valence-electron chi connectivity index (χ1n) is 12.2. The Labute approximate surface area is 219 Å². The molecular weight excluding hydrogens is 494 g/mol. The highest BCUT2D eigenvalue weighted by Gasteiger charge is 2.25. The van der Waals surface area contributed by atoms with Crippen LogP contribution in [0.15, 0.2) is 49.1 Å². The summed E-state index contributed by atoms with van der Waals surface area (Å²) < 4.78 is 8.60. The first kappa shape index (κ1) is 24.8. The van der Waals surface area contributed by atoms with Crippen molar-refractivity contribution in [3.63, 3.8) is 0 Å². The number of carbonyl (C=O) groups excluding carboxylic acids is 2. The molecule has 1 aliphatic rings. The van der Waals surface area contributed by atoms with Crippen LogP contribution in [0.1, 0.15) is 42.5 Å². The van der Waals surface area contributed by atoms with E-state index in [9.17, 15) is 9.59 Å². The molecule has 0 bridgehead atoms. The van der Waals surface area contributed by atoms with Crippen LogP contribution in [0, 0.1) is 0 Å². The second-order valence-corrected chi connectivity index (χ2v) is 9.57. The summed E-state index contributed by atoms with van der Waals surface area (Å²) in [4.78, 5) is 32.5. The van der Waals surface area contributed by atoms with Crippen molar-refractivity contribution in [3.8, 4) is 17.0 Å². The number of likely N-dealkylation sites (N-methyl/N-ethyl adjacent to an activating group) is 1. The van der Waals surface area contributed by atoms with Gasteiger partial charge in [-0.3, -0.25) is 14.3 Å². The van der Waals surface area contributed by atoms with Crippen LogP contribution in [-0.4, -0.2) is 61.3 Å². The molecule has 192 valence electrons. The molecule has 1 aromatic carbocycles. The number of nitrogens with one attached hydrogen (secondary N) is 1. The van der Waals surface area contributed by atoms with E-state index in [4.69, 9.17) is 16.3 Å². The van der Waals surface area contributed by atoms with Crippen molar-refractivity contribution < 1.29 is 14.3 Å². The number of benzene rings is 1. The Bertz CT molecular complexity index is 1440. The van der Waals surface area contributed by atoms with Crippen LogP contribution in [0.4, 0.5) is 5.69 Å². The summed E-state index contributed by atoms with van der Waals surface area (Å²) in [5, 5.41) is 12.3. The van der Waals surface area contributed by atoms with E-state index < -0.39 is 5.91 Å². The summed E-state index contributed by atoms with van der Waals surface area (Å²) in [6, 6.07) is 7.14. The number of hydrogen-bond acceptors (Lipinski definition) is 6. The highest BCUT2D eigenvalue weighted by atomic mass is 35.5. The second-order valence-electron chi connectivity index (χ2n) is 9.13. The van der Waals surface area contributed by atoms with Gasteiger partial charge in [-0.2, -0.15) is 10.2 Å². The van der Waals surface area contributed by atoms with Crippen LogP contribution < -0.4 is 10.1 Å². The van der Waals surface area contributed by atoms with Gasteiger partial charge in [0.15, 0.2) is 5.65 Å². The fourth-order valence-corrected chi connectivity index (χ4v) is 4.93. The van der Waals surface area contributed by atoms with Crippen LogP contribution in [0.2, 0.25) is 5.02 Å². The Kier molecular flexibility index (Phi) is 7.09. The van der Waals surface area contributed by atoms with Crippen molar-refractivity contribution in [1.82, 2.24) is 29.3 Å². The Hall–Kier alpha value is -3.92. The maximum atomic E-state index is 13.3. The zero-order chi connectivity index (χ0) is 25.9. The molecule has 5 rings (SSSR count). The van der Waals surface area contributed by atoms with E-state index in [1.165, 1.54) is 17.1 Å². The minimum atomic E-state index is -0.402. The zero-order valence-corrected chi connectivity index (χ0v) is 21.5. The lowest BCUT2D eigenvalue weighted by Crippen LogP contribution is -2.40. The molecule has 1 N–H and O–H groups in total. The topological polar surface area (TPSA) is 107 Å². The predicted octanol–water partition coefficient (Wildman–Crippen LogP) is 4.30. The number of halogens is 1. The molecule has 1 saturated carbocycles. The molecule has 11 heteroatoms. The van der Waals surface area contributed by atoms with E-state index in [1.807, 2.05) is 11.9 Å². The summed E-state index contributed by atoms with van der Waals surface area (Å²) in [7, 11) is 3.40. The third kappa shape index (κ3) is 5.15. The summed E-state index contributed by atoms with van der Waals surface area (Å²) in [6.07, 6.45) is 11.9. The SMILES string of the molecule is COc1ccc(Cl)cc1-c1nn(CC(=O)N(C)C2CCCCC2)cc1NC(=O)c1cnn2cccnc12. The second kappa shape index (κ2) is 10.6. The van der Waals surface area contributed by atoms with Crippen LogP contribution >= 0.6 is 11.6 Å². The van der Waals surface area contributed by atoms with Crippen LogP contribution in [0.25, 0.3) is 16.9 Å². The van der Waals surface area contributed by atoms with Crippen molar-refractivity contribution in [3.05, 3.63) is 59.6 Å². The Morgan fingerprint density at radius 1 is 1.24 bits per heavy atom. The number of anilines is 1. The molecule has 1 fully saturated rings. The van der Waals surface area contributed by atoms with Gasteiger partial charge in [-0.15, -0.1) is 0 Å². The van der Waals surface area contributed by atoms with Crippen LogP contribution in [0.3, 0.4) is 0 Å². The smallest absolute Gasteiger partial charge is 0.261 e. The molecule has 0 saturated heterocycles. The van der Waals surface area contributed by atoms with Gasteiger partial charge in [-0.1, -0.05) is 30.9 Å². The van der Waals surface area contributed by atoms with Gasteiger partial charge in [0.2, 0.25) is 5.91 Å². The number of ether oxygens (including phenoxy) is 1. The van der Waals surface area contributed by atoms with Crippen LogP contribution in [0.5, 0.6) is 5.75 Å². The lowest BCUT2D eigenvalue weighted by Gasteiger charge is -2.31. The molecule has 0 spiro atoms. The lowest BCUT2D eigenvalue weighted by molar-refractivity contribution is -0.133. The summed E-state index contributed by atoms with van der Waals surface area (Å²) in [6.45, 7) is 0.0387. The van der Waals surface area contributed by atoms with Crippen LogP contribution in [-0.2, 0) is 11.3 Å². The maximum Gasteiger partial charge on any atom is 0.261 e. The zero-order valence-electron chi connectivity index (χ0n) is 20.7. The van der Waals surface area contributed by atoms with Gasteiger partial charge < -0.3 is 15.0 Å². The quantitative estimate of drug-likeness (QED) is 0.388. The molecule has 10 nitrogen and oxygen atoms in total. The third-order valence-corrected chi connectivity index (χ3v) is 7.00. The Balaban J connectivity index is 1.47.